The van der Waals surface area contributed by atoms with E-state index in [1.165, 1.54) is 12.4 Å². The first-order chi connectivity index (χ1) is 14.4. The first-order valence-corrected chi connectivity index (χ1v) is 9.11. The van der Waals surface area contributed by atoms with Gasteiger partial charge in [-0.25, -0.2) is 17.6 Å². The lowest BCUT2D eigenvalue weighted by Gasteiger charge is -2.07. The standard InChI is InChI=1S/C21H16F4N4O/c22-16-7-17(23)21(25)20(24)15(16)11-29-10-13(9-27-29)28-19(30)6-5-12-8-26-18-4-2-1-3-14(12)18/h1-4,7-10,26H,5-6,11H2,(H,28,30). The van der Waals surface area contributed by atoms with E-state index in [1.807, 2.05) is 30.5 Å². The Hall–Kier alpha value is -3.62. The highest BCUT2D eigenvalue weighted by molar-refractivity contribution is 5.91. The predicted octanol–water partition coefficient (Wildman–Crippen LogP) is 4.54. The number of H-pyrrole nitrogens is 1. The van der Waals surface area contributed by atoms with E-state index in [9.17, 15) is 22.4 Å². The Morgan fingerprint density at radius 1 is 1.10 bits per heavy atom. The van der Waals surface area contributed by atoms with Crippen LogP contribution in [0.2, 0.25) is 0 Å². The number of fused-ring (bicyclic) bond motifs is 1. The smallest absolute Gasteiger partial charge is 0.224 e. The summed E-state index contributed by atoms with van der Waals surface area (Å²) in [7, 11) is 0. The monoisotopic (exact) mass is 416 g/mol. The maximum atomic E-state index is 13.8. The van der Waals surface area contributed by atoms with Gasteiger partial charge in [0.05, 0.1) is 18.4 Å². The zero-order valence-electron chi connectivity index (χ0n) is 15.6. The van der Waals surface area contributed by atoms with Gasteiger partial charge in [-0.2, -0.15) is 5.10 Å². The van der Waals surface area contributed by atoms with Crippen molar-refractivity contribution in [2.75, 3.05) is 5.32 Å². The Morgan fingerprint density at radius 3 is 2.73 bits per heavy atom. The van der Waals surface area contributed by atoms with Crippen molar-refractivity contribution in [2.24, 2.45) is 0 Å². The quantitative estimate of drug-likeness (QED) is 0.275. The second kappa shape index (κ2) is 8.02. The normalized spacial score (nSPS) is 11.2. The molecule has 0 unspecified atom stereocenters. The van der Waals surface area contributed by atoms with Gasteiger partial charge in [-0.1, -0.05) is 18.2 Å². The highest BCUT2D eigenvalue weighted by atomic mass is 19.2. The minimum absolute atomic E-state index is 0.222. The van der Waals surface area contributed by atoms with Crippen LogP contribution < -0.4 is 5.32 Å². The highest BCUT2D eigenvalue weighted by Crippen LogP contribution is 2.21. The Labute approximate surface area is 168 Å². The van der Waals surface area contributed by atoms with Gasteiger partial charge >= 0.3 is 0 Å². The summed E-state index contributed by atoms with van der Waals surface area (Å²) in [5.74, 6) is -6.43. The molecule has 154 valence electrons. The highest BCUT2D eigenvalue weighted by Gasteiger charge is 2.19. The molecule has 2 heterocycles. The van der Waals surface area contributed by atoms with Gasteiger partial charge in [0.25, 0.3) is 0 Å². The maximum absolute atomic E-state index is 13.8. The number of carbonyl (C=O) groups excluding carboxylic acids is 1. The number of nitrogens with zero attached hydrogens (tertiary/aromatic N) is 2. The summed E-state index contributed by atoms with van der Waals surface area (Å²) in [5, 5.41) is 7.60. The number of para-hydroxylation sites is 1. The Balaban J connectivity index is 1.39. The lowest BCUT2D eigenvalue weighted by molar-refractivity contribution is -0.116. The molecule has 0 aliphatic rings. The van der Waals surface area contributed by atoms with Crippen molar-refractivity contribution in [3.05, 3.63) is 83.3 Å². The number of hydrogen-bond donors (Lipinski definition) is 2. The molecule has 0 saturated heterocycles. The third-order valence-electron chi connectivity index (χ3n) is 4.74. The van der Waals surface area contributed by atoms with Crippen LogP contribution in [0.3, 0.4) is 0 Å². The molecule has 0 bridgehead atoms. The third-order valence-corrected chi connectivity index (χ3v) is 4.74. The molecule has 0 saturated carbocycles. The number of benzene rings is 2. The van der Waals surface area contributed by atoms with Gasteiger partial charge in [0.2, 0.25) is 5.91 Å². The molecule has 0 spiro atoms. The molecule has 4 rings (SSSR count). The molecule has 0 fully saturated rings. The molecule has 9 heteroatoms. The minimum Gasteiger partial charge on any atom is -0.361 e. The van der Waals surface area contributed by atoms with E-state index >= 15 is 0 Å². The zero-order valence-corrected chi connectivity index (χ0v) is 15.6. The zero-order chi connectivity index (χ0) is 21.3. The minimum atomic E-state index is -1.75. The van der Waals surface area contributed by atoms with E-state index in [0.717, 1.165) is 21.1 Å². The lowest BCUT2D eigenvalue weighted by atomic mass is 10.1. The summed E-state index contributed by atoms with van der Waals surface area (Å²) >= 11 is 0. The molecule has 2 N–H and O–H groups in total. The fourth-order valence-corrected chi connectivity index (χ4v) is 3.24. The van der Waals surface area contributed by atoms with Crippen LogP contribution in [0.15, 0.2) is 48.9 Å². The predicted molar refractivity (Wildman–Crippen MR) is 103 cm³/mol. The largest absolute Gasteiger partial charge is 0.361 e. The third kappa shape index (κ3) is 3.91. The summed E-state index contributed by atoms with van der Waals surface area (Å²) in [6, 6.07) is 8.05. The van der Waals surface area contributed by atoms with E-state index in [1.54, 1.807) is 0 Å². The van der Waals surface area contributed by atoms with Gasteiger partial charge in [-0.05, 0) is 18.1 Å². The van der Waals surface area contributed by atoms with Gasteiger partial charge in [-0.3, -0.25) is 9.48 Å². The molecule has 30 heavy (non-hydrogen) atoms. The first-order valence-electron chi connectivity index (χ1n) is 9.11. The fraction of sp³-hybridized carbons (Fsp3) is 0.143. The number of carbonyl (C=O) groups is 1. The number of anilines is 1. The Bertz CT molecular complexity index is 1230. The van der Waals surface area contributed by atoms with Gasteiger partial charge in [0, 0.05) is 41.3 Å². The molecule has 0 aliphatic carbocycles. The second-order valence-corrected chi connectivity index (χ2v) is 6.78. The van der Waals surface area contributed by atoms with E-state index in [0.29, 0.717) is 12.1 Å². The van der Waals surface area contributed by atoms with Crippen molar-refractivity contribution in [1.82, 2.24) is 14.8 Å². The molecule has 0 radical (unpaired) electrons. The number of aryl methyl sites for hydroxylation is 1. The van der Waals surface area contributed by atoms with Crippen LogP contribution in [0.1, 0.15) is 17.5 Å². The summed E-state index contributed by atoms with van der Waals surface area (Å²) in [4.78, 5) is 15.4. The molecule has 1 amide bonds. The number of aromatic amines is 1. The fourth-order valence-electron chi connectivity index (χ4n) is 3.24. The molecule has 4 aromatic rings. The Kier molecular flexibility index (Phi) is 5.26. The van der Waals surface area contributed by atoms with E-state index < -0.39 is 35.4 Å². The van der Waals surface area contributed by atoms with Crippen LogP contribution in [0.25, 0.3) is 10.9 Å². The lowest BCUT2D eigenvalue weighted by Crippen LogP contribution is -2.12. The number of hydrogen-bond acceptors (Lipinski definition) is 2. The first kappa shape index (κ1) is 19.7. The van der Waals surface area contributed by atoms with Gasteiger partial charge in [0.1, 0.15) is 5.82 Å². The number of aromatic nitrogens is 3. The van der Waals surface area contributed by atoms with Crippen LogP contribution in [0.5, 0.6) is 0 Å². The molecule has 0 aliphatic heterocycles. The molecular weight excluding hydrogens is 400 g/mol. The average Bonchev–Trinajstić information content (AvgIpc) is 3.34. The van der Waals surface area contributed by atoms with Crippen molar-refractivity contribution in [3.63, 3.8) is 0 Å². The summed E-state index contributed by atoms with van der Waals surface area (Å²) in [6.07, 6.45) is 5.26. The number of halogens is 4. The number of rotatable bonds is 6. The van der Waals surface area contributed by atoms with Crippen molar-refractivity contribution >= 4 is 22.5 Å². The van der Waals surface area contributed by atoms with Crippen molar-refractivity contribution in [1.29, 1.82) is 0 Å². The number of nitrogens with one attached hydrogen (secondary N) is 2. The second-order valence-electron chi connectivity index (χ2n) is 6.78. The summed E-state index contributed by atoms with van der Waals surface area (Å²) in [5.41, 5.74) is 1.67. The summed E-state index contributed by atoms with van der Waals surface area (Å²) in [6.45, 7) is -0.458. The van der Waals surface area contributed by atoms with E-state index in [4.69, 9.17) is 0 Å². The maximum Gasteiger partial charge on any atom is 0.224 e. The van der Waals surface area contributed by atoms with E-state index in [-0.39, 0.29) is 18.4 Å². The van der Waals surface area contributed by atoms with Crippen molar-refractivity contribution in [2.45, 2.75) is 19.4 Å². The van der Waals surface area contributed by atoms with Crippen LogP contribution in [0, 0.1) is 23.3 Å². The topological polar surface area (TPSA) is 62.7 Å². The van der Waals surface area contributed by atoms with Gasteiger partial charge in [0.15, 0.2) is 17.5 Å². The molecular formula is C21H16F4N4O. The average molecular weight is 416 g/mol. The molecule has 2 aromatic heterocycles. The van der Waals surface area contributed by atoms with Crippen molar-refractivity contribution in [3.8, 4) is 0 Å². The molecule has 2 aromatic carbocycles. The number of amides is 1. The van der Waals surface area contributed by atoms with Crippen LogP contribution in [-0.4, -0.2) is 20.7 Å². The Morgan fingerprint density at radius 2 is 1.90 bits per heavy atom. The van der Waals surface area contributed by atoms with E-state index in [2.05, 4.69) is 15.4 Å². The molecule has 0 atom stereocenters. The SMILES string of the molecule is O=C(CCc1c[nH]c2ccccc12)Nc1cnn(Cc2c(F)cc(F)c(F)c2F)c1. The van der Waals surface area contributed by atoms with Crippen LogP contribution in [0.4, 0.5) is 23.2 Å². The van der Waals surface area contributed by atoms with Crippen LogP contribution >= 0.6 is 0 Å². The van der Waals surface area contributed by atoms with Crippen molar-refractivity contribution < 1.29 is 22.4 Å². The van der Waals surface area contributed by atoms with Crippen LogP contribution in [-0.2, 0) is 17.8 Å². The van der Waals surface area contributed by atoms with Gasteiger partial charge < -0.3 is 10.3 Å². The van der Waals surface area contributed by atoms with Gasteiger partial charge in [-0.15, -0.1) is 0 Å². The molecule has 5 nitrogen and oxygen atoms in total. The summed E-state index contributed by atoms with van der Waals surface area (Å²) < 4.78 is 55.1.